The van der Waals surface area contributed by atoms with E-state index in [1.54, 1.807) is 24.3 Å². The lowest BCUT2D eigenvalue weighted by Crippen LogP contribution is -2.24. The maximum Gasteiger partial charge on any atom is 0.216 e. The van der Waals surface area contributed by atoms with E-state index in [-0.39, 0.29) is 5.75 Å². The molecule has 19 heavy (non-hydrogen) atoms. The van der Waals surface area contributed by atoms with Gasteiger partial charge >= 0.3 is 0 Å². The Morgan fingerprint density at radius 1 is 1.32 bits per heavy atom. The lowest BCUT2D eigenvalue weighted by atomic mass is 10.2. The van der Waals surface area contributed by atoms with Crippen molar-refractivity contribution in [2.75, 3.05) is 5.73 Å². The van der Waals surface area contributed by atoms with Gasteiger partial charge in [0.15, 0.2) is 0 Å². The fourth-order valence-corrected chi connectivity index (χ4v) is 4.16. The number of benzene rings is 1. The van der Waals surface area contributed by atoms with E-state index in [9.17, 15) is 8.42 Å². The normalized spacial score (nSPS) is 11.6. The van der Waals surface area contributed by atoms with Crippen LogP contribution < -0.4 is 10.5 Å². The molecule has 2 aromatic rings. The average Bonchev–Trinajstić information content (AvgIpc) is 2.72. The maximum atomic E-state index is 11.9. The third kappa shape index (κ3) is 4.61. The molecule has 1 aromatic heterocycles. The van der Waals surface area contributed by atoms with Crippen LogP contribution in [0.3, 0.4) is 0 Å². The highest BCUT2D eigenvalue weighted by molar-refractivity contribution is 9.10. The number of halogens is 1. The first kappa shape index (κ1) is 14.5. The lowest BCUT2D eigenvalue weighted by molar-refractivity contribution is 0.581. The van der Waals surface area contributed by atoms with Gasteiger partial charge in [0.05, 0.1) is 5.75 Å². The molecule has 2 rings (SSSR count). The van der Waals surface area contributed by atoms with Gasteiger partial charge in [-0.3, -0.25) is 0 Å². The third-order valence-electron chi connectivity index (χ3n) is 2.40. The molecule has 1 heterocycles. The molecule has 0 bridgehead atoms. The molecule has 0 aliphatic heterocycles. The van der Waals surface area contributed by atoms with Crippen molar-refractivity contribution in [2.45, 2.75) is 12.3 Å². The van der Waals surface area contributed by atoms with Crippen LogP contribution in [-0.4, -0.2) is 8.42 Å². The molecule has 0 amide bonds. The van der Waals surface area contributed by atoms with Crippen LogP contribution in [0.2, 0.25) is 0 Å². The number of rotatable bonds is 5. The van der Waals surface area contributed by atoms with Crippen LogP contribution in [0.1, 0.15) is 10.4 Å². The Hall–Kier alpha value is -0.890. The minimum absolute atomic E-state index is 0.0649. The number of hydrogen-bond acceptors (Lipinski definition) is 4. The van der Waals surface area contributed by atoms with Crippen LogP contribution in [0, 0.1) is 0 Å². The van der Waals surface area contributed by atoms with Crippen molar-refractivity contribution in [3.05, 3.63) is 50.6 Å². The van der Waals surface area contributed by atoms with E-state index in [4.69, 9.17) is 5.73 Å². The second kappa shape index (κ2) is 6.04. The van der Waals surface area contributed by atoms with E-state index in [0.717, 1.165) is 9.35 Å². The van der Waals surface area contributed by atoms with Gasteiger partial charge in [0.2, 0.25) is 10.0 Å². The van der Waals surface area contributed by atoms with Gasteiger partial charge in [-0.15, -0.1) is 11.3 Å². The minimum Gasteiger partial charge on any atom is -0.399 e. The van der Waals surface area contributed by atoms with Gasteiger partial charge in [-0.05, 0) is 39.7 Å². The molecule has 0 unspecified atom stereocenters. The smallest absolute Gasteiger partial charge is 0.216 e. The van der Waals surface area contributed by atoms with E-state index in [2.05, 4.69) is 20.7 Å². The summed E-state index contributed by atoms with van der Waals surface area (Å²) in [5, 5.41) is 1.92. The summed E-state index contributed by atoms with van der Waals surface area (Å²) >= 11 is 4.84. The molecule has 1 aromatic carbocycles. The maximum absolute atomic E-state index is 11.9. The monoisotopic (exact) mass is 360 g/mol. The van der Waals surface area contributed by atoms with Crippen LogP contribution in [0.5, 0.6) is 0 Å². The van der Waals surface area contributed by atoms with Crippen LogP contribution in [-0.2, 0) is 22.3 Å². The van der Waals surface area contributed by atoms with Crippen LogP contribution >= 0.6 is 27.3 Å². The quantitative estimate of drug-likeness (QED) is 0.805. The zero-order valence-corrected chi connectivity index (χ0v) is 13.2. The Labute approximate surface area is 124 Å². The second-order valence-corrected chi connectivity index (χ2v) is 7.77. The summed E-state index contributed by atoms with van der Waals surface area (Å²) in [5.41, 5.74) is 6.87. The highest BCUT2D eigenvalue weighted by atomic mass is 79.9. The van der Waals surface area contributed by atoms with Crippen molar-refractivity contribution in [3.8, 4) is 0 Å². The molecule has 4 nitrogen and oxygen atoms in total. The van der Waals surface area contributed by atoms with Gasteiger partial charge in [0, 0.05) is 27.0 Å². The highest BCUT2D eigenvalue weighted by Crippen LogP contribution is 2.19. The van der Waals surface area contributed by atoms with Gasteiger partial charge < -0.3 is 5.73 Å². The van der Waals surface area contributed by atoms with Crippen molar-refractivity contribution < 1.29 is 8.42 Å². The largest absolute Gasteiger partial charge is 0.399 e. The van der Waals surface area contributed by atoms with Gasteiger partial charge in [-0.1, -0.05) is 12.1 Å². The van der Waals surface area contributed by atoms with Crippen LogP contribution in [0.4, 0.5) is 5.69 Å². The topological polar surface area (TPSA) is 72.2 Å². The number of nitrogen functional groups attached to an aromatic ring is 1. The van der Waals surface area contributed by atoms with E-state index in [0.29, 0.717) is 17.8 Å². The number of nitrogens with one attached hydrogen (secondary N) is 1. The molecule has 0 atom stereocenters. The molecule has 0 fully saturated rings. The number of thiophene rings is 1. The summed E-state index contributed by atoms with van der Waals surface area (Å²) < 4.78 is 27.4. The van der Waals surface area contributed by atoms with Gasteiger partial charge in [0.1, 0.15) is 0 Å². The van der Waals surface area contributed by atoms with E-state index in [1.165, 1.54) is 11.3 Å². The Morgan fingerprint density at radius 3 is 2.74 bits per heavy atom. The van der Waals surface area contributed by atoms with Crippen molar-refractivity contribution in [1.29, 1.82) is 0 Å². The van der Waals surface area contributed by atoms with Gasteiger partial charge in [-0.2, -0.15) is 0 Å². The average molecular weight is 361 g/mol. The first-order valence-corrected chi connectivity index (χ1v) is 8.82. The number of anilines is 1. The number of hydrogen-bond donors (Lipinski definition) is 2. The third-order valence-corrected chi connectivity index (χ3v) is 5.39. The molecule has 102 valence electrons. The standard InChI is InChI=1S/C12H13BrN2O2S2/c13-10-5-12(18-7-10)6-15-19(16,17)8-9-2-1-3-11(14)4-9/h1-5,7,15H,6,8,14H2. The number of nitrogens with two attached hydrogens (primary N) is 1. The summed E-state index contributed by atoms with van der Waals surface area (Å²) in [7, 11) is -3.35. The first-order valence-electron chi connectivity index (χ1n) is 5.49. The predicted molar refractivity (Wildman–Crippen MR) is 82.3 cm³/mol. The Morgan fingerprint density at radius 2 is 2.11 bits per heavy atom. The molecule has 0 aliphatic rings. The summed E-state index contributed by atoms with van der Waals surface area (Å²) in [6.45, 7) is 0.306. The second-order valence-electron chi connectivity index (χ2n) is 4.06. The Bertz CT molecular complexity index is 668. The molecule has 0 spiro atoms. The molecular weight excluding hydrogens is 348 g/mol. The molecular formula is C12H13BrN2O2S2. The zero-order valence-electron chi connectivity index (χ0n) is 9.97. The Balaban J connectivity index is 1.99. The highest BCUT2D eigenvalue weighted by Gasteiger charge is 2.12. The molecule has 0 radical (unpaired) electrons. The molecule has 7 heteroatoms. The summed E-state index contributed by atoms with van der Waals surface area (Å²) in [6, 6.07) is 8.79. The van der Waals surface area contributed by atoms with Crippen molar-refractivity contribution in [2.24, 2.45) is 0 Å². The van der Waals surface area contributed by atoms with Crippen LogP contribution in [0.25, 0.3) is 0 Å². The SMILES string of the molecule is Nc1cccc(CS(=O)(=O)NCc2cc(Br)cs2)c1. The molecule has 0 aliphatic carbocycles. The first-order chi connectivity index (χ1) is 8.94. The van der Waals surface area contributed by atoms with Crippen molar-refractivity contribution >= 4 is 43.0 Å². The minimum atomic E-state index is -3.35. The van der Waals surface area contributed by atoms with Gasteiger partial charge in [0.25, 0.3) is 0 Å². The predicted octanol–water partition coefficient (Wildman–Crippen LogP) is 2.71. The number of sulfonamides is 1. The lowest BCUT2D eigenvalue weighted by Gasteiger charge is -2.06. The molecule has 0 saturated heterocycles. The zero-order chi connectivity index (χ0) is 13.9. The summed E-state index contributed by atoms with van der Waals surface area (Å²) in [4.78, 5) is 0.961. The van der Waals surface area contributed by atoms with Crippen LogP contribution in [0.15, 0.2) is 40.2 Å². The van der Waals surface area contributed by atoms with Crippen molar-refractivity contribution in [1.82, 2.24) is 4.72 Å². The van der Waals surface area contributed by atoms with E-state index in [1.807, 2.05) is 11.4 Å². The van der Waals surface area contributed by atoms with Gasteiger partial charge in [-0.25, -0.2) is 13.1 Å². The molecule has 3 N–H and O–H groups in total. The Kier molecular flexibility index (Phi) is 4.62. The fourth-order valence-electron chi connectivity index (χ4n) is 1.58. The summed E-state index contributed by atoms with van der Waals surface area (Å²) in [5.74, 6) is -0.0649. The van der Waals surface area contributed by atoms with E-state index >= 15 is 0 Å². The van der Waals surface area contributed by atoms with Crippen molar-refractivity contribution in [3.63, 3.8) is 0 Å². The van der Waals surface area contributed by atoms with E-state index < -0.39 is 10.0 Å². The summed E-state index contributed by atoms with van der Waals surface area (Å²) in [6.07, 6.45) is 0. The molecule has 0 saturated carbocycles. The fraction of sp³-hybridized carbons (Fsp3) is 0.167.